The predicted molar refractivity (Wildman–Crippen MR) is 83.3 cm³/mol. The first-order valence-corrected chi connectivity index (χ1v) is 7.56. The van der Waals surface area contributed by atoms with E-state index in [2.05, 4.69) is 44.8 Å². The molecule has 1 fully saturated rings. The van der Waals surface area contributed by atoms with Gasteiger partial charge in [-0.3, -0.25) is 4.98 Å². The molecule has 1 saturated heterocycles. The van der Waals surface area contributed by atoms with Gasteiger partial charge in [0, 0.05) is 22.0 Å². The minimum Gasteiger partial charge on any atom is -0.399 e. The summed E-state index contributed by atoms with van der Waals surface area (Å²) in [6.45, 7) is 8.30. The maximum absolute atomic E-state index is 6.08. The number of thiophene rings is 1. The van der Waals surface area contributed by atoms with Gasteiger partial charge in [0.2, 0.25) is 0 Å². The van der Waals surface area contributed by atoms with Crippen LogP contribution in [0, 0.1) is 0 Å². The van der Waals surface area contributed by atoms with Crippen LogP contribution in [0.25, 0.3) is 10.4 Å². The third-order valence-corrected chi connectivity index (χ3v) is 5.23. The van der Waals surface area contributed by atoms with Gasteiger partial charge in [0.05, 0.1) is 11.2 Å². The van der Waals surface area contributed by atoms with Crippen molar-refractivity contribution in [2.24, 2.45) is 0 Å². The summed E-state index contributed by atoms with van der Waals surface area (Å²) in [6.07, 6.45) is 3.62. The van der Waals surface area contributed by atoms with Crippen LogP contribution in [0.3, 0.4) is 0 Å². The number of nitrogens with zero attached hydrogens (tertiary/aromatic N) is 1. The van der Waals surface area contributed by atoms with E-state index in [0.717, 1.165) is 4.78 Å². The molecule has 0 N–H and O–H groups in total. The Bertz CT molecular complexity index is 593. The largest absolute Gasteiger partial charge is 0.505 e. The third-order valence-electron chi connectivity index (χ3n) is 4.08. The van der Waals surface area contributed by atoms with Crippen molar-refractivity contribution in [1.29, 1.82) is 0 Å². The van der Waals surface area contributed by atoms with E-state index in [1.54, 1.807) is 11.3 Å². The van der Waals surface area contributed by atoms with Gasteiger partial charge in [-0.15, -0.1) is 11.3 Å². The lowest BCUT2D eigenvalue weighted by molar-refractivity contribution is 0.00578. The van der Waals surface area contributed by atoms with Gasteiger partial charge in [0.25, 0.3) is 0 Å². The molecule has 0 aliphatic carbocycles. The lowest BCUT2D eigenvalue weighted by Gasteiger charge is -2.32. The molecule has 2 aromatic rings. The van der Waals surface area contributed by atoms with Crippen LogP contribution in [-0.2, 0) is 9.31 Å². The summed E-state index contributed by atoms with van der Waals surface area (Å²) in [7, 11) is -0.277. The van der Waals surface area contributed by atoms with Crippen LogP contribution in [0.15, 0.2) is 36.7 Å². The van der Waals surface area contributed by atoms with Crippen molar-refractivity contribution in [3.05, 3.63) is 36.7 Å². The number of hydrogen-bond acceptors (Lipinski definition) is 4. The van der Waals surface area contributed by atoms with Gasteiger partial charge < -0.3 is 9.31 Å². The molecule has 0 atom stereocenters. The summed E-state index contributed by atoms with van der Waals surface area (Å²) in [5.74, 6) is 0. The molecule has 5 heteroatoms. The highest BCUT2D eigenvalue weighted by atomic mass is 32.1. The second-order valence-corrected chi connectivity index (χ2v) is 7.14. The lowest BCUT2D eigenvalue weighted by atomic mass is 9.88. The van der Waals surface area contributed by atoms with Crippen LogP contribution >= 0.6 is 11.3 Å². The van der Waals surface area contributed by atoms with Gasteiger partial charge in [0.1, 0.15) is 0 Å². The van der Waals surface area contributed by atoms with Gasteiger partial charge in [-0.2, -0.15) is 0 Å². The molecule has 104 valence electrons. The van der Waals surface area contributed by atoms with Crippen molar-refractivity contribution < 1.29 is 9.31 Å². The Labute approximate surface area is 124 Å². The molecule has 0 unspecified atom stereocenters. The molecule has 1 aliphatic heterocycles. The number of rotatable bonds is 2. The fourth-order valence-corrected chi connectivity index (χ4v) is 3.08. The van der Waals surface area contributed by atoms with Crippen molar-refractivity contribution in [1.82, 2.24) is 4.98 Å². The average Bonchev–Trinajstić information content (AvgIpc) is 2.94. The van der Waals surface area contributed by atoms with E-state index in [4.69, 9.17) is 9.31 Å². The van der Waals surface area contributed by atoms with Crippen molar-refractivity contribution in [3.8, 4) is 10.4 Å². The van der Waals surface area contributed by atoms with E-state index in [9.17, 15) is 0 Å². The van der Waals surface area contributed by atoms with Crippen molar-refractivity contribution in [2.45, 2.75) is 38.9 Å². The molecular formula is C15H18BNO2S. The number of pyridine rings is 1. The number of aromatic nitrogens is 1. The van der Waals surface area contributed by atoms with Gasteiger partial charge in [-0.25, -0.2) is 0 Å². The fraction of sp³-hybridized carbons (Fsp3) is 0.400. The van der Waals surface area contributed by atoms with Crippen LogP contribution in [-0.4, -0.2) is 23.3 Å². The summed E-state index contributed by atoms with van der Waals surface area (Å²) >= 11 is 1.71. The molecule has 0 bridgehead atoms. The van der Waals surface area contributed by atoms with E-state index < -0.39 is 0 Å². The monoisotopic (exact) mass is 287 g/mol. The highest BCUT2D eigenvalue weighted by Crippen LogP contribution is 2.37. The van der Waals surface area contributed by atoms with E-state index >= 15 is 0 Å². The molecule has 1 aliphatic rings. The van der Waals surface area contributed by atoms with Crippen LogP contribution in [0.2, 0.25) is 0 Å². The smallest absolute Gasteiger partial charge is 0.399 e. The summed E-state index contributed by atoms with van der Waals surface area (Å²) in [4.78, 5) is 5.25. The molecular weight excluding hydrogens is 269 g/mol. The molecule has 0 radical (unpaired) electrons. The molecule has 0 spiro atoms. The molecule has 0 aromatic carbocycles. The Balaban J connectivity index is 1.86. The van der Waals surface area contributed by atoms with Gasteiger partial charge in [-0.05, 0) is 51.5 Å². The zero-order chi connectivity index (χ0) is 14.4. The zero-order valence-electron chi connectivity index (χ0n) is 12.2. The van der Waals surface area contributed by atoms with Crippen molar-refractivity contribution >= 4 is 23.2 Å². The highest BCUT2D eigenvalue weighted by molar-refractivity contribution is 7.25. The molecule has 0 saturated carbocycles. The first kappa shape index (κ1) is 13.8. The first-order chi connectivity index (χ1) is 9.39. The maximum Gasteiger partial charge on any atom is 0.505 e. The Morgan fingerprint density at radius 1 is 0.950 bits per heavy atom. The van der Waals surface area contributed by atoms with Gasteiger partial charge >= 0.3 is 7.12 Å². The third kappa shape index (κ3) is 2.30. The summed E-state index contributed by atoms with van der Waals surface area (Å²) in [6, 6.07) is 8.22. The van der Waals surface area contributed by atoms with E-state index in [1.807, 2.05) is 24.5 Å². The van der Waals surface area contributed by atoms with Crippen molar-refractivity contribution in [2.75, 3.05) is 0 Å². The molecule has 3 heterocycles. The van der Waals surface area contributed by atoms with E-state index in [-0.39, 0.29) is 18.3 Å². The normalized spacial score (nSPS) is 20.3. The first-order valence-electron chi connectivity index (χ1n) is 6.75. The summed E-state index contributed by atoms with van der Waals surface area (Å²) in [5, 5.41) is 0. The predicted octanol–water partition coefficient (Wildman–Crippen LogP) is 3.11. The highest BCUT2D eigenvalue weighted by Gasteiger charge is 2.52. The molecule has 20 heavy (non-hydrogen) atoms. The fourth-order valence-electron chi connectivity index (χ4n) is 2.11. The number of hydrogen-bond donors (Lipinski definition) is 0. The van der Waals surface area contributed by atoms with Crippen LogP contribution in [0.5, 0.6) is 0 Å². The molecule has 3 rings (SSSR count). The van der Waals surface area contributed by atoms with Crippen LogP contribution in [0.1, 0.15) is 27.7 Å². The minimum absolute atomic E-state index is 0.277. The molecule has 0 amide bonds. The standard InChI is InChI=1S/C15H18BNO2S/c1-14(2)15(3,4)19-16(18-14)13-6-5-12(20-13)11-7-9-17-10-8-11/h5-10H,1-4H3. The topological polar surface area (TPSA) is 31.4 Å². The quantitative estimate of drug-likeness (QED) is 0.795. The molecule has 2 aromatic heterocycles. The Kier molecular flexibility index (Phi) is 3.24. The van der Waals surface area contributed by atoms with E-state index in [0.29, 0.717) is 0 Å². The lowest BCUT2D eigenvalue weighted by Crippen LogP contribution is -2.41. The second kappa shape index (κ2) is 4.69. The Morgan fingerprint density at radius 3 is 2.15 bits per heavy atom. The summed E-state index contributed by atoms with van der Waals surface area (Å²) in [5.41, 5.74) is 0.588. The Hall–Kier alpha value is -1.17. The van der Waals surface area contributed by atoms with Gasteiger partial charge in [0.15, 0.2) is 0 Å². The van der Waals surface area contributed by atoms with E-state index in [1.165, 1.54) is 10.4 Å². The van der Waals surface area contributed by atoms with Crippen molar-refractivity contribution in [3.63, 3.8) is 0 Å². The van der Waals surface area contributed by atoms with Crippen LogP contribution in [0.4, 0.5) is 0 Å². The Morgan fingerprint density at radius 2 is 1.55 bits per heavy atom. The zero-order valence-corrected chi connectivity index (χ0v) is 13.0. The minimum atomic E-state index is -0.293. The maximum atomic E-state index is 6.08. The SMILES string of the molecule is CC1(C)OB(c2ccc(-c3ccncc3)s2)OC1(C)C. The average molecular weight is 287 g/mol. The van der Waals surface area contributed by atoms with Gasteiger partial charge in [-0.1, -0.05) is 6.07 Å². The summed E-state index contributed by atoms with van der Waals surface area (Å²) < 4.78 is 13.3. The van der Waals surface area contributed by atoms with Crippen LogP contribution < -0.4 is 4.78 Å². The second-order valence-electron chi connectivity index (χ2n) is 6.03. The molecule has 3 nitrogen and oxygen atoms in total.